The second-order valence-electron chi connectivity index (χ2n) is 4.19. The molecular weight excluding hydrogens is 238 g/mol. The van der Waals surface area contributed by atoms with E-state index in [1.54, 1.807) is 19.0 Å². The lowest BCUT2D eigenvalue weighted by atomic mass is 10.4. The molecule has 96 valence electrons. The van der Waals surface area contributed by atoms with E-state index in [0.717, 1.165) is 5.16 Å². The lowest BCUT2D eigenvalue weighted by Crippen LogP contribution is -2.21. The number of anilines is 1. The van der Waals surface area contributed by atoms with Crippen LogP contribution in [0.2, 0.25) is 0 Å². The number of nitrogens with two attached hydrogens (primary N) is 1. The molecule has 0 atom stereocenters. The molecule has 1 aromatic heterocycles. The van der Waals surface area contributed by atoms with Crippen LogP contribution in [0.25, 0.3) is 0 Å². The molecule has 0 radical (unpaired) electrons. The van der Waals surface area contributed by atoms with E-state index in [0.29, 0.717) is 18.1 Å². The van der Waals surface area contributed by atoms with Gasteiger partial charge in [0.15, 0.2) is 5.16 Å². The normalized spacial score (nSPS) is 10.9. The van der Waals surface area contributed by atoms with E-state index in [1.807, 2.05) is 18.4 Å². The zero-order valence-electron chi connectivity index (χ0n) is 10.7. The van der Waals surface area contributed by atoms with Crippen molar-refractivity contribution in [3.05, 3.63) is 0 Å². The predicted octanol–water partition coefficient (Wildman–Crippen LogP) is 1.01. The summed E-state index contributed by atoms with van der Waals surface area (Å²) in [4.78, 5) is 13.0. The molecule has 1 heterocycles. The first-order valence-electron chi connectivity index (χ1n) is 5.46. The van der Waals surface area contributed by atoms with Crippen molar-refractivity contribution in [1.82, 2.24) is 19.7 Å². The highest BCUT2D eigenvalue weighted by Gasteiger charge is 2.13. The van der Waals surface area contributed by atoms with Crippen LogP contribution in [-0.4, -0.2) is 45.4 Å². The molecular formula is C10H19N5OS. The van der Waals surface area contributed by atoms with Gasteiger partial charge in [-0.05, 0) is 13.8 Å². The van der Waals surface area contributed by atoms with Crippen LogP contribution in [0.4, 0.5) is 5.95 Å². The second-order valence-corrected chi connectivity index (χ2v) is 5.25. The molecule has 7 heteroatoms. The maximum Gasteiger partial charge on any atom is 0.222 e. The standard InChI is InChI=1S/C10H19N5OS/c1-7(2)15-9(11)12-13-10(15)17-6-5-8(16)14(3)4/h7H,5-6H2,1-4H3,(H2,11,12). The first-order chi connectivity index (χ1) is 7.93. The maximum absolute atomic E-state index is 11.4. The van der Waals surface area contributed by atoms with Crippen molar-refractivity contribution >= 4 is 23.6 Å². The highest BCUT2D eigenvalue weighted by atomic mass is 32.2. The Bertz CT molecular complexity index is 388. The number of nitrogen functional groups attached to an aromatic ring is 1. The molecule has 1 amide bonds. The number of hydrogen-bond donors (Lipinski definition) is 1. The summed E-state index contributed by atoms with van der Waals surface area (Å²) in [6.07, 6.45) is 0.489. The van der Waals surface area contributed by atoms with E-state index in [9.17, 15) is 4.79 Å². The lowest BCUT2D eigenvalue weighted by molar-refractivity contribution is -0.128. The molecule has 0 aliphatic heterocycles. The fourth-order valence-corrected chi connectivity index (χ4v) is 2.33. The third kappa shape index (κ3) is 3.62. The highest BCUT2D eigenvalue weighted by Crippen LogP contribution is 2.22. The Balaban J connectivity index is 2.55. The van der Waals surface area contributed by atoms with Gasteiger partial charge in [-0.25, -0.2) is 0 Å². The number of thioether (sulfide) groups is 1. The van der Waals surface area contributed by atoms with E-state index in [-0.39, 0.29) is 11.9 Å². The number of aromatic nitrogens is 3. The van der Waals surface area contributed by atoms with Gasteiger partial charge in [-0.2, -0.15) is 0 Å². The number of nitrogens with zero attached hydrogens (tertiary/aromatic N) is 4. The Labute approximate surface area is 106 Å². The molecule has 0 unspecified atom stereocenters. The first-order valence-corrected chi connectivity index (χ1v) is 6.45. The van der Waals surface area contributed by atoms with Gasteiger partial charge >= 0.3 is 0 Å². The van der Waals surface area contributed by atoms with E-state index in [4.69, 9.17) is 5.73 Å². The van der Waals surface area contributed by atoms with E-state index >= 15 is 0 Å². The Hall–Kier alpha value is -1.24. The summed E-state index contributed by atoms with van der Waals surface area (Å²) < 4.78 is 1.87. The van der Waals surface area contributed by atoms with Crippen molar-refractivity contribution in [2.24, 2.45) is 0 Å². The molecule has 0 saturated carbocycles. The van der Waals surface area contributed by atoms with E-state index in [1.165, 1.54) is 11.8 Å². The molecule has 0 saturated heterocycles. The van der Waals surface area contributed by atoms with Gasteiger partial charge in [0.25, 0.3) is 0 Å². The lowest BCUT2D eigenvalue weighted by Gasteiger charge is -2.12. The highest BCUT2D eigenvalue weighted by molar-refractivity contribution is 7.99. The number of carbonyl (C=O) groups is 1. The molecule has 1 rings (SSSR count). The van der Waals surface area contributed by atoms with Crippen molar-refractivity contribution in [1.29, 1.82) is 0 Å². The van der Waals surface area contributed by atoms with Gasteiger partial charge in [0.2, 0.25) is 11.9 Å². The number of hydrogen-bond acceptors (Lipinski definition) is 5. The molecule has 6 nitrogen and oxygen atoms in total. The van der Waals surface area contributed by atoms with E-state index < -0.39 is 0 Å². The topological polar surface area (TPSA) is 77.0 Å². The van der Waals surface area contributed by atoms with Crippen LogP contribution >= 0.6 is 11.8 Å². The number of rotatable bonds is 5. The van der Waals surface area contributed by atoms with Crippen molar-refractivity contribution in [3.8, 4) is 0 Å². The van der Waals surface area contributed by atoms with Gasteiger partial charge in [0.1, 0.15) is 0 Å². The summed E-state index contributed by atoms with van der Waals surface area (Å²) >= 11 is 1.50. The van der Waals surface area contributed by atoms with Gasteiger partial charge in [0.05, 0.1) is 0 Å². The molecule has 1 aromatic rings. The maximum atomic E-state index is 11.4. The van der Waals surface area contributed by atoms with Crippen molar-refractivity contribution in [2.75, 3.05) is 25.6 Å². The fraction of sp³-hybridized carbons (Fsp3) is 0.700. The summed E-state index contributed by atoms with van der Waals surface area (Å²) in [5.74, 6) is 1.21. The van der Waals surface area contributed by atoms with Crippen LogP contribution in [0.3, 0.4) is 0 Å². The summed E-state index contributed by atoms with van der Waals surface area (Å²) in [7, 11) is 3.50. The smallest absolute Gasteiger partial charge is 0.222 e. The third-order valence-electron chi connectivity index (χ3n) is 2.25. The minimum Gasteiger partial charge on any atom is -0.368 e. The molecule has 2 N–H and O–H groups in total. The summed E-state index contributed by atoms with van der Waals surface area (Å²) in [6.45, 7) is 4.05. The van der Waals surface area contributed by atoms with Gasteiger partial charge in [-0.1, -0.05) is 11.8 Å². The van der Waals surface area contributed by atoms with Crippen LogP contribution in [0.1, 0.15) is 26.3 Å². The van der Waals surface area contributed by atoms with E-state index in [2.05, 4.69) is 10.2 Å². The Morgan fingerprint density at radius 1 is 1.47 bits per heavy atom. The van der Waals surface area contributed by atoms with Crippen molar-refractivity contribution in [3.63, 3.8) is 0 Å². The third-order valence-corrected chi connectivity index (χ3v) is 3.20. The van der Waals surface area contributed by atoms with Gasteiger partial charge in [0, 0.05) is 32.3 Å². The van der Waals surface area contributed by atoms with Crippen LogP contribution < -0.4 is 5.73 Å². The number of amides is 1. The Kier molecular flexibility index (Phi) is 4.80. The van der Waals surface area contributed by atoms with Gasteiger partial charge in [-0.15, -0.1) is 10.2 Å². The van der Waals surface area contributed by atoms with Gasteiger partial charge < -0.3 is 10.6 Å². The van der Waals surface area contributed by atoms with Crippen LogP contribution in [0.15, 0.2) is 5.16 Å². The van der Waals surface area contributed by atoms with Crippen LogP contribution in [-0.2, 0) is 4.79 Å². The Morgan fingerprint density at radius 3 is 2.65 bits per heavy atom. The largest absolute Gasteiger partial charge is 0.368 e. The molecule has 0 aliphatic carbocycles. The Morgan fingerprint density at radius 2 is 2.12 bits per heavy atom. The average molecular weight is 257 g/mol. The fourth-order valence-electron chi connectivity index (χ4n) is 1.33. The quantitative estimate of drug-likeness (QED) is 0.797. The van der Waals surface area contributed by atoms with Crippen molar-refractivity contribution in [2.45, 2.75) is 31.5 Å². The summed E-state index contributed by atoms with van der Waals surface area (Å²) in [5, 5.41) is 8.62. The summed E-state index contributed by atoms with van der Waals surface area (Å²) in [6, 6.07) is 0.219. The number of carbonyl (C=O) groups excluding carboxylic acids is 1. The average Bonchev–Trinajstić information content (AvgIpc) is 2.59. The van der Waals surface area contributed by atoms with Crippen molar-refractivity contribution < 1.29 is 4.79 Å². The minimum absolute atomic E-state index is 0.112. The zero-order chi connectivity index (χ0) is 13.0. The first kappa shape index (κ1) is 13.8. The molecule has 0 spiro atoms. The molecule has 0 aliphatic rings. The molecule has 0 fully saturated rings. The minimum atomic E-state index is 0.112. The zero-order valence-corrected chi connectivity index (χ0v) is 11.5. The monoisotopic (exact) mass is 257 g/mol. The molecule has 0 bridgehead atoms. The SMILES string of the molecule is CC(C)n1c(N)nnc1SCCC(=O)N(C)C. The van der Waals surface area contributed by atoms with Gasteiger partial charge in [-0.3, -0.25) is 9.36 Å². The predicted molar refractivity (Wildman–Crippen MR) is 68.9 cm³/mol. The van der Waals surface area contributed by atoms with Crippen LogP contribution in [0.5, 0.6) is 0 Å². The molecule has 0 aromatic carbocycles. The summed E-state index contributed by atoms with van der Waals surface area (Å²) in [5.41, 5.74) is 5.72. The molecule has 17 heavy (non-hydrogen) atoms. The second kappa shape index (κ2) is 5.90. The van der Waals surface area contributed by atoms with Crippen LogP contribution in [0, 0.1) is 0 Å².